The van der Waals surface area contributed by atoms with Gasteiger partial charge >= 0.3 is 0 Å². The van der Waals surface area contributed by atoms with Crippen LogP contribution in [-0.4, -0.2) is 12.0 Å². The minimum Gasteiger partial charge on any atom is -0.361 e. The van der Waals surface area contributed by atoms with Gasteiger partial charge in [-0.3, -0.25) is 0 Å². The van der Waals surface area contributed by atoms with Crippen molar-refractivity contribution in [3.8, 4) is 0 Å². The zero-order valence-corrected chi connectivity index (χ0v) is 8.02. The predicted octanol–water partition coefficient (Wildman–Crippen LogP) is 2.20. The number of H-pyrrole nitrogens is 1. The van der Waals surface area contributed by atoms with Gasteiger partial charge in [-0.1, -0.05) is 12.1 Å². The molecule has 1 aromatic carbocycles. The number of benzene rings is 1. The number of aromatic nitrogens is 1. The highest BCUT2D eigenvalue weighted by atomic mass is 14.8. The van der Waals surface area contributed by atoms with Crippen LogP contribution in [0.4, 0.5) is 0 Å². The van der Waals surface area contributed by atoms with Gasteiger partial charge < -0.3 is 10.3 Å². The Bertz CT molecular complexity index is 415. The molecule has 13 heavy (non-hydrogen) atoms. The molecule has 0 saturated heterocycles. The van der Waals surface area contributed by atoms with E-state index in [1.165, 1.54) is 22.0 Å². The van der Waals surface area contributed by atoms with Crippen LogP contribution in [0.25, 0.3) is 10.9 Å². The Kier molecular flexibility index (Phi) is 2.07. The predicted molar refractivity (Wildman–Crippen MR) is 55.8 cm³/mol. The number of fused-ring (bicyclic) bond motifs is 1. The van der Waals surface area contributed by atoms with E-state index in [4.69, 9.17) is 0 Å². The third-order valence-corrected chi connectivity index (χ3v) is 2.29. The highest BCUT2D eigenvalue weighted by Gasteiger charge is 2.01. The monoisotopic (exact) mass is 174 g/mol. The molecule has 68 valence electrons. The fourth-order valence-corrected chi connectivity index (χ4v) is 1.64. The molecule has 2 N–H and O–H groups in total. The van der Waals surface area contributed by atoms with E-state index in [1.54, 1.807) is 0 Å². The van der Waals surface area contributed by atoms with Gasteiger partial charge in [-0.15, -0.1) is 0 Å². The molecule has 1 heterocycles. The number of nitrogens with one attached hydrogen (secondary N) is 2. The molecule has 0 aliphatic rings. The van der Waals surface area contributed by atoms with Crippen LogP contribution >= 0.6 is 0 Å². The van der Waals surface area contributed by atoms with Crippen LogP contribution in [0.1, 0.15) is 11.1 Å². The Balaban J connectivity index is 2.55. The van der Waals surface area contributed by atoms with Crippen molar-refractivity contribution in [1.29, 1.82) is 0 Å². The zero-order chi connectivity index (χ0) is 9.26. The first kappa shape index (κ1) is 8.32. The van der Waals surface area contributed by atoms with Crippen LogP contribution in [0.15, 0.2) is 24.4 Å². The van der Waals surface area contributed by atoms with Crippen molar-refractivity contribution in [1.82, 2.24) is 10.3 Å². The average Bonchev–Trinajstić information content (AvgIpc) is 2.49. The van der Waals surface area contributed by atoms with Crippen molar-refractivity contribution in [3.05, 3.63) is 35.5 Å². The highest BCUT2D eigenvalue weighted by Crippen LogP contribution is 2.18. The second kappa shape index (κ2) is 3.23. The molecule has 0 saturated carbocycles. The number of rotatable bonds is 2. The Morgan fingerprint density at radius 2 is 2.23 bits per heavy atom. The number of aryl methyl sites for hydroxylation is 1. The summed E-state index contributed by atoms with van der Waals surface area (Å²) >= 11 is 0. The lowest BCUT2D eigenvalue weighted by molar-refractivity contribution is 0.823. The van der Waals surface area contributed by atoms with Crippen LogP contribution in [0, 0.1) is 6.92 Å². The molecule has 0 aliphatic carbocycles. The van der Waals surface area contributed by atoms with Crippen LogP contribution in [-0.2, 0) is 6.54 Å². The van der Waals surface area contributed by atoms with Crippen molar-refractivity contribution in [2.75, 3.05) is 7.05 Å². The summed E-state index contributed by atoms with van der Waals surface area (Å²) in [5.41, 5.74) is 3.85. The highest BCUT2D eigenvalue weighted by molar-refractivity contribution is 5.83. The fraction of sp³-hybridized carbons (Fsp3) is 0.273. The van der Waals surface area contributed by atoms with Gasteiger partial charge in [0.1, 0.15) is 0 Å². The van der Waals surface area contributed by atoms with Crippen LogP contribution in [0.3, 0.4) is 0 Å². The maximum absolute atomic E-state index is 3.27. The average molecular weight is 174 g/mol. The lowest BCUT2D eigenvalue weighted by Crippen LogP contribution is -2.03. The topological polar surface area (TPSA) is 27.8 Å². The molecule has 0 fully saturated rings. The van der Waals surface area contributed by atoms with Crippen molar-refractivity contribution < 1.29 is 0 Å². The molecular formula is C11H14N2. The summed E-state index contributed by atoms with van der Waals surface area (Å²) in [6.07, 6.45) is 2.07. The van der Waals surface area contributed by atoms with Gasteiger partial charge in [0.15, 0.2) is 0 Å². The maximum Gasteiger partial charge on any atom is 0.0459 e. The largest absolute Gasteiger partial charge is 0.361 e. The smallest absolute Gasteiger partial charge is 0.0459 e. The van der Waals surface area contributed by atoms with E-state index in [0.29, 0.717) is 0 Å². The number of aromatic amines is 1. The van der Waals surface area contributed by atoms with Gasteiger partial charge in [0.2, 0.25) is 0 Å². The fourth-order valence-electron chi connectivity index (χ4n) is 1.64. The Morgan fingerprint density at radius 1 is 1.38 bits per heavy atom. The van der Waals surface area contributed by atoms with Crippen LogP contribution < -0.4 is 5.32 Å². The van der Waals surface area contributed by atoms with E-state index in [0.717, 1.165) is 6.54 Å². The summed E-state index contributed by atoms with van der Waals surface area (Å²) in [5.74, 6) is 0. The first-order valence-corrected chi connectivity index (χ1v) is 4.52. The van der Waals surface area contributed by atoms with E-state index in [9.17, 15) is 0 Å². The summed E-state index contributed by atoms with van der Waals surface area (Å²) in [6.45, 7) is 3.03. The van der Waals surface area contributed by atoms with Crippen molar-refractivity contribution in [2.45, 2.75) is 13.5 Å². The molecule has 2 nitrogen and oxygen atoms in total. The summed E-state index contributed by atoms with van der Waals surface area (Å²) in [7, 11) is 1.97. The molecule has 2 aromatic rings. The maximum atomic E-state index is 3.27. The van der Waals surface area contributed by atoms with Gasteiger partial charge in [-0.25, -0.2) is 0 Å². The van der Waals surface area contributed by atoms with Gasteiger partial charge in [0.25, 0.3) is 0 Å². The molecule has 2 heteroatoms. The summed E-state index contributed by atoms with van der Waals surface area (Å²) < 4.78 is 0. The minimum absolute atomic E-state index is 0.920. The third kappa shape index (κ3) is 1.45. The normalized spacial score (nSPS) is 10.9. The van der Waals surface area contributed by atoms with Crippen molar-refractivity contribution in [2.24, 2.45) is 0 Å². The Morgan fingerprint density at radius 3 is 3.00 bits per heavy atom. The molecule has 0 spiro atoms. The number of hydrogen-bond acceptors (Lipinski definition) is 1. The molecule has 2 rings (SSSR count). The lowest BCUT2D eigenvalue weighted by Gasteiger charge is -1.97. The quantitative estimate of drug-likeness (QED) is 0.717. The van der Waals surface area contributed by atoms with E-state index in [-0.39, 0.29) is 0 Å². The van der Waals surface area contributed by atoms with Gasteiger partial charge in [-0.05, 0) is 31.2 Å². The summed E-state index contributed by atoms with van der Waals surface area (Å²) in [5, 5.41) is 4.48. The Hall–Kier alpha value is -1.28. The summed E-state index contributed by atoms with van der Waals surface area (Å²) in [4.78, 5) is 3.27. The molecule has 1 aromatic heterocycles. The second-order valence-electron chi connectivity index (χ2n) is 3.39. The molecule has 0 atom stereocenters. The standard InChI is InChI=1S/C11H14N2/c1-8-3-4-10-9(6-12-2)7-13-11(10)5-8/h3-5,7,12-13H,6H2,1-2H3. The van der Waals surface area contributed by atoms with Crippen molar-refractivity contribution >= 4 is 10.9 Å². The van der Waals surface area contributed by atoms with E-state index in [2.05, 4.69) is 41.6 Å². The number of hydrogen-bond donors (Lipinski definition) is 2. The lowest BCUT2D eigenvalue weighted by atomic mass is 10.1. The first-order valence-electron chi connectivity index (χ1n) is 4.52. The third-order valence-electron chi connectivity index (χ3n) is 2.29. The van der Waals surface area contributed by atoms with E-state index >= 15 is 0 Å². The molecular weight excluding hydrogens is 160 g/mol. The molecule has 0 aliphatic heterocycles. The molecule has 0 unspecified atom stereocenters. The Labute approximate surface area is 78.0 Å². The molecule has 0 bridgehead atoms. The summed E-state index contributed by atoms with van der Waals surface area (Å²) in [6, 6.07) is 6.50. The minimum atomic E-state index is 0.920. The first-order chi connectivity index (χ1) is 6.31. The van der Waals surface area contributed by atoms with E-state index in [1.807, 2.05) is 7.05 Å². The zero-order valence-electron chi connectivity index (χ0n) is 8.02. The SMILES string of the molecule is CNCc1c[nH]c2cc(C)ccc12. The second-order valence-corrected chi connectivity index (χ2v) is 3.39. The molecule has 0 amide bonds. The van der Waals surface area contributed by atoms with Gasteiger partial charge in [0, 0.05) is 23.6 Å². The van der Waals surface area contributed by atoms with Crippen LogP contribution in [0.5, 0.6) is 0 Å². The van der Waals surface area contributed by atoms with Crippen molar-refractivity contribution in [3.63, 3.8) is 0 Å². The van der Waals surface area contributed by atoms with Gasteiger partial charge in [-0.2, -0.15) is 0 Å². The molecule has 0 radical (unpaired) electrons. The van der Waals surface area contributed by atoms with Crippen LogP contribution in [0.2, 0.25) is 0 Å². The van der Waals surface area contributed by atoms with Gasteiger partial charge in [0.05, 0.1) is 0 Å². The van der Waals surface area contributed by atoms with E-state index < -0.39 is 0 Å².